The summed E-state index contributed by atoms with van der Waals surface area (Å²) in [7, 11) is -3.73. The van der Waals surface area contributed by atoms with Crippen molar-refractivity contribution in [3.63, 3.8) is 0 Å². The van der Waals surface area contributed by atoms with Gasteiger partial charge in [-0.05, 0) is 49.4 Å². The number of carbonyl (C=O) groups excluding carboxylic acids is 2. The SMILES string of the molecule is CCCNC(=O)[C@H](C)N(Cc1ccc(C)cc1)C(=O)CN(c1ccc(C(C)C)cc1)S(C)(=O)=O. The number of hydrogen-bond acceptors (Lipinski definition) is 4. The van der Waals surface area contributed by atoms with Crippen LogP contribution in [-0.2, 0) is 26.2 Å². The Balaban J connectivity index is 2.35. The summed E-state index contributed by atoms with van der Waals surface area (Å²) in [5, 5.41) is 2.83. The maximum Gasteiger partial charge on any atom is 0.244 e. The molecule has 2 amide bonds. The lowest BCUT2D eigenvalue weighted by molar-refractivity contribution is -0.139. The smallest absolute Gasteiger partial charge is 0.244 e. The molecule has 7 nitrogen and oxygen atoms in total. The Kier molecular flexibility index (Phi) is 9.67. The molecular formula is C26H37N3O4S. The van der Waals surface area contributed by atoms with Gasteiger partial charge in [-0.2, -0.15) is 0 Å². The molecule has 1 N–H and O–H groups in total. The highest BCUT2D eigenvalue weighted by Gasteiger charge is 2.30. The van der Waals surface area contributed by atoms with Gasteiger partial charge in [0, 0.05) is 13.1 Å². The second-order valence-electron chi connectivity index (χ2n) is 8.99. The van der Waals surface area contributed by atoms with E-state index in [4.69, 9.17) is 0 Å². The summed E-state index contributed by atoms with van der Waals surface area (Å²) in [4.78, 5) is 27.6. The van der Waals surface area contributed by atoms with Crippen molar-refractivity contribution in [2.24, 2.45) is 0 Å². The molecule has 0 aromatic heterocycles. The second-order valence-corrected chi connectivity index (χ2v) is 10.9. The minimum absolute atomic E-state index is 0.198. The second kappa shape index (κ2) is 12.0. The number of carbonyl (C=O) groups is 2. The fraction of sp³-hybridized carbons (Fsp3) is 0.462. The lowest BCUT2D eigenvalue weighted by Crippen LogP contribution is -2.51. The summed E-state index contributed by atoms with van der Waals surface area (Å²) < 4.78 is 26.3. The molecule has 0 aliphatic rings. The standard InChI is InChI=1S/C26H37N3O4S/c1-7-16-27-26(31)21(5)28(17-22-10-8-20(4)9-11-22)25(30)18-29(34(6,32)33)24-14-12-23(13-15-24)19(2)3/h8-15,19,21H,7,16-18H2,1-6H3,(H,27,31)/t21-/m0/s1. The zero-order valence-corrected chi connectivity index (χ0v) is 21.9. The van der Waals surface area contributed by atoms with Gasteiger partial charge >= 0.3 is 0 Å². The molecule has 0 spiro atoms. The van der Waals surface area contributed by atoms with Crippen molar-refractivity contribution in [1.29, 1.82) is 0 Å². The van der Waals surface area contributed by atoms with Crippen LogP contribution in [0.3, 0.4) is 0 Å². The molecule has 0 saturated carbocycles. The zero-order valence-electron chi connectivity index (χ0n) is 21.0. The minimum atomic E-state index is -3.73. The van der Waals surface area contributed by atoms with Gasteiger partial charge in [0.05, 0.1) is 11.9 Å². The van der Waals surface area contributed by atoms with Crippen LogP contribution >= 0.6 is 0 Å². The zero-order chi connectivity index (χ0) is 25.5. The summed E-state index contributed by atoms with van der Waals surface area (Å²) in [5.74, 6) is -0.414. The number of nitrogens with zero attached hydrogens (tertiary/aromatic N) is 2. The fourth-order valence-corrected chi connectivity index (χ4v) is 4.36. The van der Waals surface area contributed by atoms with E-state index < -0.39 is 28.5 Å². The highest BCUT2D eigenvalue weighted by atomic mass is 32.2. The highest BCUT2D eigenvalue weighted by molar-refractivity contribution is 7.92. The van der Waals surface area contributed by atoms with Gasteiger partial charge in [-0.25, -0.2) is 8.42 Å². The third-order valence-corrected chi connectivity index (χ3v) is 6.86. The molecule has 0 fully saturated rings. The summed E-state index contributed by atoms with van der Waals surface area (Å²) in [6, 6.07) is 14.1. The van der Waals surface area contributed by atoms with E-state index in [0.717, 1.165) is 33.7 Å². The van der Waals surface area contributed by atoms with Gasteiger partial charge in [0.2, 0.25) is 21.8 Å². The largest absolute Gasteiger partial charge is 0.354 e. The number of amides is 2. The number of hydrogen-bond donors (Lipinski definition) is 1. The Labute approximate surface area is 204 Å². The van der Waals surface area contributed by atoms with Crippen molar-refractivity contribution in [2.75, 3.05) is 23.7 Å². The summed E-state index contributed by atoms with van der Waals surface area (Å²) in [6.07, 6.45) is 1.86. The molecule has 2 rings (SSSR count). The van der Waals surface area contributed by atoms with Crippen molar-refractivity contribution in [3.05, 3.63) is 65.2 Å². The number of sulfonamides is 1. The monoisotopic (exact) mass is 487 g/mol. The number of nitrogens with one attached hydrogen (secondary N) is 1. The van der Waals surface area contributed by atoms with Crippen molar-refractivity contribution < 1.29 is 18.0 Å². The summed E-state index contributed by atoms with van der Waals surface area (Å²) in [6.45, 7) is 10.0. The Hall–Kier alpha value is -2.87. The molecule has 2 aromatic rings. The molecule has 2 aromatic carbocycles. The average Bonchev–Trinajstić information content (AvgIpc) is 2.79. The maximum absolute atomic E-state index is 13.5. The van der Waals surface area contributed by atoms with E-state index in [9.17, 15) is 18.0 Å². The normalized spacial score (nSPS) is 12.3. The van der Waals surface area contributed by atoms with E-state index in [1.54, 1.807) is 19.1 Å². The van der Waals surface area contributed by atoms with Crippen LogP contribution in [0.25, 0.3) is 0 Å². The first-order chi connectivity index (χ1) is 15.9. The van der Waals surface area contributed by atoms with Crippen LogP contribution in [0.15, 0.2) is 48.5 Å². The van der Waals surface area contributed by atoms with Crippen molar-refractivity contribution in [2.45, 2.75) is 59.5 Å². The minimum Gasteiger partial charge on any atom is -0.354 e. The lowest BCUT2D eigenvalue weighted by atomic mass is 10.0. The van der Waals surface area contributed by atoms with Crippen molar-refractivity contribution >= 4 is 27.5 Å². The molecule has 0 saturated heterocycles. The molecule has 0 aliphatic carbocycles. The molecule has 0 bridgehead atoms. The van der Waals surface area contributed by atoms with Crippen molar-refractivity contribution in [1.82, 2.24) is 10.2 Å². The Morgan fingerprint density at radius 3 is 2.06 bits per heavy atom. The van der Waals surface area contributed by atoms with E-state index in [0.29, 0.717) is 18.2 Å². The quantitative estimate of drug-likeness (QED) is 0.522. The van der Waals surface area contributed by atoms with Crippen LogP contribution in [0.1, 0.15) is 56.7 Å². The Bertz CT molecular complexity index is 1060. The van der Waals surface area contributed by atoms with E-state index in [1.165, 1.54) is 4.90 Å². The Morgan fingerprint density at radius 1 is 0.971 bits per heavy atom. The summed E-state index contributed by atoms with van der Waals surface area (Å²) >= 11 is 0. The van der Waals surface area contributed by atoms with Gasteiger partial charge in [0.15, 0.2) is 0 Å². The van der Waals surface area contributed by atoms with Crippen LogP contribution in [0.2, 0.25) is 0 Å². The van der Waals surface area contributed by atoms with E-state index in [2.05, 4.69) is 19.2 Å². The van der Waals surface area contributed by atoms with Gasteiger partial charge in [-0.15, -0.1) is 0 Å². The highest BCUT2D eigenvalue weighted by Crippen LogP contribution is 2.23. The number of aryl methyl sites for hydroxylation is 1. The van der Waals surface area contributed by atoms with Gasteiger partial charge in [-0.3, -0.25) is 13.9 Å². The average molecular weight is 488 g/mol. The molecule has 0 radical (unpaired) electrons. The fourth-order valence-electron chi connectivity index (χ4n) is 3.51. The molecular weight excluding hydrogens is 450 g/mol. The molecule has 34 heavy (non-hydrogen) atoms. The molecule has 8 heteroatoms. The lowest BCUT2D eigenvalue weighted by Gasteiger charge is -2.31. The van der Waals surface area contributed by atoms with Gasteiger partial charge < -0.3 is 10.2 Å². The van der Waals surface area contributed by atoms with Crippen LogP contribution in [0.4, 0.5) is 5.69 Å². The van der Waals surface area contributed by atoms with Crippen molar-refractivity contribution in [3.8, 4) is 0 Å². The number of anilines is 1. The van der Waals surface area contributed by atoms with Gasteiger partial charge in [-0.1, -0.05) is 62.7 Å². The molecule has 1 atom stereocenters. The maximum atomic E-state index is 13.5. The van der Waals surface area contributed by atoms with Crippen LogP contribution in [-0.4, -0.2) is 50.5 Å². The molecule has 0 unspecified atom stereocenters. The molecule has 0 aliphatic heterocycles. The first kappa shape index (κ1) is 27.4. The predicted molar refractivity (Wildman–Crippen MR) is 137 cm³/mol. The van der Waals surface area contributed by atoms with E-state index in [-0.39, 0.29) is 12.5 Å². The number of rotatable bonds is 11. The molecule has 186 valence electrons. The van der Waals surface area contributed by atoms with Gasteiger partial charge in [0.25, 0.3) is 0 Å². The topological polar surface area (TPSA) is 86.8 Å². The van der Waals surface area contributed by atoms with Crippen LogP contribution in [0.5, 0.6) is 0 Å². The van der Waals surface area contributed by atoms with Gasteiger partial charge in [0.1, 0.15) is 12.6 Å². The predicted octanol–water partition coefficient (Wildman–Crippen LogP) is 3.83. The first-order valence-electron chi connectivity index (χ1n) is 11.6. The first-order valence-corrected chi connectivity index (χ1v) is 13.5. The third-order valence-electron chi connectivity index (χ3n) is 5.72. The third kappa shape index (κ3) is 7.58. The molecule has 0 heterocycles. The van der Waals surface area contributed by atoms with Crippen LogP contribution < -0.4 is 9.62 Å². The van der Waals surface area contributed by atoms with Crippen LogP contribution in [0, 0.1) is 6.92 Å². The van der Waals surface area contributed by atoms with E-state index >= 15 is 0 Å². The number of benzene rings is 2. The van der Waals surface area contributed by atoms with E-state index in [1.807, 2.05) is 50.2 Å². The summed E-state index contributed by atoms with van der Waals surface area (Å²) in [5.41, 5.74) is 3.44. The Morgan fingerprint density at radius 2 is 1.56 bits per heavy atom.